The fraction of sp³-hybridized carbons (Fsp3) is 0.684. The number of aryl methyl sites for hydroxylation is 1. The smallest absolute Gasteiger partial charge is 0.0294 e. The van der Waals surface area contributed by atoms with Crippen molar-refractivity contribution in [2.75, 3.05) is 19.6 Å². The van der Waals surface area contributed by atoms with Crippen molar-refractivity contribution >= 4 is 0 Å². The van der Waals surface area contributed by atoms with Crippen LogP contribution in [0.5, 0.6) is 0 Å². The first kappa shape index (κ1) is 16.5. The molecule has 2 unspecified atom stereocenters. The number of nitrogens with zero attached hydrogens (tertiary/aromatic N) is 1. The Hall–Kier alpha value is -0.860. The minimum atomic E-state index is 0.433. The van der Waals surface area contributed by atoms with Gasteiger partial charge in [-0.3, -0.25) is 0 Å². The zero-order chi connectivity index (χ0) is 15.2. The van der Waals surface area contributed by atoms with Gasteiger partial charge in [0.15, 0.2) is 0 Å². The summed E-state index contributed by atoms with van der Waals surface area (Å²) in [6.07, 6.45) is 4.00. The van der Waals surface area contributed by atoms with Gasteiger partial charge in [-0.15, -0.1) is 0 Å². The quantitative estimate of drug-likeness (QED) is 0.845. The molecule has 2 rings (SSSR count). The molecular weight excluding hydrogens is 256 g/mol. The maximum atomic E-state index is 3.82. The summed E-state index contributed by atoms with van der Waals surface area (Å²) in [7, 11) is 0. The Morgan fingerprint density at radius 2 is 1.95 bits per heavy atom. The Morgan fingerprint density at radius 3 is 2.62 bits per heavy atom. The van der Waals surface area contributed by atoms with E-state index in [2.05, 4.69) is 62.2 Å². The summed E-state index contributed by atoms with van der Waals surface area (Å²) >= 11 is 0. The zero-order valence-corrected chi connectivity index (χ0v) is 14.2. The second-order valence-electron chi connectivity index (χ2n) is 6.79. The van der Waals surface area contributed by atoms with Crippen molar-refractivity contribution in [3.63, 3.8) is 0 Å². The molecule has 0 bridgehead atoms. The third-order valence-electron chi connectivity index (χ3n) is 4.88. The molecule has 2 heteroatoms. The summed E-state index contributed by atoms with van der Waals surface area (Å²) in [6.45, 7) is 12.9. The highest BCUT2D eigenvalue weighted by molar-refractivity contribution is 5.23. The highest BCUT2D eigenvalue weighted by atomic mass is 15.1. The molecule has 1 fully saturated rings. The van der Waals surface area contributed by atoms with Crippen molar-refractivity contribution in [1.82, 2.24) is 10.2 Å². The lowest BCUT2D eigenvalue weighted by atomic mass is 9.90. The molecule has 1 saturated heterocycles. The Kier molecular flexibility index (Phi) is 6.25. The van der Waals surface area contributed by atoms with Crippen LogP contribution < -0.4 is 5.32 Å². The molecular formula is C19H32N2. The van der Waals surface area contributed by atoms with E-state index in [4.69, 9.17) is 0 Å². The van der Waals surface area contributed by atoms with Crippen molar-refractivity contribution in [3.05, 3.63) is 35.4 Å². The fourth-order valence-corrected chi connectivity index (χ4v) is 3.50. The third-order valence-corrected chi connectivity index (χ3v) is 4.88. The van der Waals surface area contributed by atoms with Crippen LogP contribution >= 0.6 is 0 Å². The molecule has 2 nitrogen and oxygen atoms in total. The van der Waals surface area contributed by atoms with Crippen molar-refractivity contribution in [1.29, 1.82) is 0 Å². The Balaban J connectivity index is 1.88. The molecule has 1 N–H and O–H groups in total. The molecule has 1 aromatic rings. The van der Waals surface area contributed by atoms with Crippen molar-refractivity contribution in [2.45, 2.75) is 59.0 Å². The molecule has 0 amide bonds. The molecule has 1 aromatic carbocycles. The lowest BCUT2D eigenvalue weighted by Crippen LogP contribution is -2.45. The SMILES string of the molecule is CCCN1CCCC(C(C)N[C@@H](C)c2ccc(C)cc2)C1. The van der Waals surface area contributed by atoms with E-state index < -0.39 is 0 Å². The second-order valence-corrected chi connectivity index (χ2v) is 6.79. The monoisotopic (exact) mass is 288 g/mol. The van der Waals surface area contributed by atoms with Crippen LogP contribution in [-0.4, -0.2) is 30.6 Å². The lowest BCUT2D eigenvalue weighted by molar-refractivity contribution is 0.147. The largest absolute Gasteiger partial charge is 0.307 e. The summed E-state index contributed by atoms with van der Waals surface area (Å²) < 4.78 is 0. The average molecular weight is 288 g/mol. The van der Waals surface area contributed by atoms with Gasteiger partial charge in [-0.05, 0) is 64.6 Å². The summed E-state index contributed by atoms with van der Waals surface area (Å²) in [5.74, 6) is 0.790. The summed E-state index contributed by atoms with van der Waals surface area (Å²) in [4.78, 5) is 2.64. The van der Waals surface area contributed by atoms with Gasteiger partial charge < -0.3 is 10.2 Å². The highest BCUT2D eigenvalue weighted by Crippen LogP contribution is 2.22. The van der Waals surface area contributed by atoms with Crippen molar-refractivity contribution in [3.8, 4) is 0 Å². The van der Waals surface area contributed by atoms with Crippen LogP contribution in [0.1, 0.15) is 57.2 Å². The van der Waals surface area contributed by atoms with E-state index in [-0.39, 0.29) is 0 Å². The number of likely N-dealkylation sites (tertiary alicyclic amines) is 1. The molecule has 0 saturated carbocycles. The van der Waals surface area contributed by atoms with Crippen molar-refractivity contribution < 1.29 is 0 Å². The molecule has 0 aromatic heterocycles. The van der Waals surface area contributed by atoms with E-state index in [1.54, 1.807) is 0 Å². The molecule has 1 heterocycles. The molecule has 21 heavy (non-hydrogen) atoms. The van der Waals surface area contributed by atoms with Gasteiger partial charge in [-0.1, -0.05) is 36.8 Å². The normalized spacial score (nSPS) is 23.0. The van der Waals surface area contributed by atoms with Crippen LogP contribution in [0.3, 0.4) is 0 Å². The Labute approximate surface area is 130 Å². The molecule has 1 aliphatic rings. The number of benzene rings is 1. The first-order chi connectivity index (χ1) is 10.1. The summed E-state index contributed by atoms with van der Waals surface area (Å²) in [5.41, 5.74) is 2.73. The van der Waals surface area contributed by atoms with E-state index >= 15 is 0 Å². The minimum absolute atomic E-state index is 0.433. The molecule has 0 spiro atoms. The van der Waals surface area contributed by atoms with Crippen LogP contribution in [0.4, 0.5) is 0 Å². The Morgan fingerprint density at radius 1 is 1.24 bits per heavy atom. The van der Waals surface area contributed by atoms with Crippen LogP contribution in [0, 0.1) is 12.8 Å². The first-order valence-corrected chi connectivity index (χ1v) is 8.65. The lowest BCUT2D eigenvalue weighted by Gasteiger charge is -2.37. The number of hydrogen-bond acceptors (Lipinski definition) is 2. The van der Waals surface area contributed by atoms with E-state index in [1.165, 1.54) is 50.0 Å². The van der Waals surface area contributed by atoms with Gasteiger partial charge in [-0.2, -0.15) is 0 Å². The number of nitrogens with one attached hydrogen (secondary N) is 1. The van der Waals surface area contributed by atoms with Crippen LogP contribution in [-0.2, 0) is 0 Å². The van der Waals surface area contributed by atoms with E-state index in [0.29, 0.717) is 12.1 Å². The van der Waals surface area contributed by atoms with Gasteiger partial charge in [0.05, 0.1) is 0 Å². The van der Waals surface area contributed by atoms with Gasteiger partial charge in [0.2, 0.25) is 0 Å². The molecule has 0 aliphatic carbocycles. The van der Waals surface area contributed by atoms with Gasteiger partial charge in [0.1, 0.15) is 0 Å². The van der Waals surface area contributed by atoms with Crippen molar-refractivity contribution in [2.24, 2.45) is 5.92 Å². The maximum Gasteiger partial charge on any atom is 0.0294 e. The van der Waals surface area contributed by atoms with Gasteiger partial charge in [-0.25, -0.2) is 0 Å². The molecule has 1 aliphatic heterocycles. The van der Waals surface area contributed by atoms with Gasteiger partial charge in [0, 0.05) is 18.6 Å². The van der Waals surface area contributed by atoms with E-state index in [9.17, 15) is 0 Å². The third kappa shape index (κ3) is 4.82. The average Bonchev–Trinajstić information content (AvgIpc) is 2.48. The number of rotatable bonds is 6. The minimum Gasteiger partial charge on any atom is -0.307 e. The first-order valence-electron chi connectivity index (χ1n) is 8.65. The predicted molar refractivity (Wildman–Crippen MR) is 91.6 cm³/mol. The molecule has 0 radical (unpaired) electrons. The Bertz CT molecular complexity index is 410. The zero-order valence-electron chi connectivity index (χ0n) is 14.2. The molecule has 3 atom stereocenters. The van der Waals surface area contributed by atoms with Crippen LogP contribution in [0.15, 0.2) is 24.3 Å². The highest BCUT2D eigenvalue weighted by Gasteiger charge is 2.25. The summed E-state index contributed by atoms with van der Waals surface area (Å²) in [5, 5.41) is 3.82. The predicted octanol–water partition coefficient (Wildman–Crippen LogP) is 4.16. The number of piperidine rings is 1. The van der Waals surface area contributed by atoms with Gasteiger partial charge >= 0.3 is 0 Å². The van der Waals surface area contributed by atoms with Crippen LogP contribution in [0.2, 0.25) is 0 Å². The molecule has 118 valence electrons. The van der Waals surface area contributed by atoms with Gasteiger partial charge in [0.25, 0.3) is 0 Å². The second kappa shape index (κ2) is 7.95. The maximum absolute atomic E-state index is 3.82. The standard InChI is InChI=1S/C19H32N2/c1-5-12-21-13-6-7-19(14-21)17(4)20-16(3)18-10-8-15(2)9-11-18/h8-11,16-17,19-20H,5-7,12-14H2,1-4H3/t16-,17?,19?/m0/s1. The van der Waals surface area contributed by atoms with E-state index in [1.807, 2.05) is 0 Å². The summed E-state index contributed by atoms with van der Waals surface area (Å²) in [6, 6.07) is 9.94. The van der Waals surface area contributed by atoms with E-state index in [0.717, 1.165) is 5.92 Å². The number of hydrogen-bond donors (Lipinski definition) is 1. The fourth-order valence-electron chi connectivity index (χ4n) is 3.50. The van der Waals surface area contributed by atoms with Crippen LogP contribution in [0.25, 0.3) is 0 Å². The topological polar surface area (TPSA) is 15.3 Å².